The summed E-state index contributed by atoms with van der Waals surface area (Å²) in [5.41, 5.74) is 9.40. The molecule has 2 N–H and O–H groups in total. The third kappa shape index (κ3) is 3.51. The molecule has 1 aromatic heterocycles. The zero-order chi connectivity index (χ0) is 12.3. The van der Waals surface area contributed by atoms with E-state index < -0.39 is 0 Å². The number of hydrogen-bond acceptors (Lipinski definition) is 2. The van der Waals surface area contributed by atoms with Crippen LogP contribution < -0.4 is 5.73 Å². The number of halogens is 1. The molecule has 3 heteroatoms. The summed E-state index contributed by atoms with van der Waals surface area (Å²) >= 11 is 2.30. The van der Waals surface area contributed by atoms with Crippen LogP contribution in [0.5, 0.6) is 0 Å². The molecule has 2 nitrogen and oxygen atoms in total. The van der Waals surface area contributed by atoms with Crippen LogP contribution in [0.1, 0.15) is 23.0 Å². The summed E-state index contributed by atoms with van der Waals surface area (Å²) in [6, 6.07) is 14.4. The molecule has 2 rings (SSSR count). The summed E-state index contributed by atoms with van der Waals surface area (Å²) < 4.78 is 1.24. The molecule has 0 fully saturated rings. The molecule has 88 valence electrons. The summed E-state index contributed by atoms with van der Waals surface area (Å²) in [7, 11) is 0. The average Bonchev–Trinajstić information content (AvgIpc) is 2.32. The van der Waals surface area contributed by atoms with Crippen molar-refractivity contribution in [2.45, 2.75) is 19.4 Å². The summed E-state index contributed by atoms with van der Waals surface area (Å²) in [4.78, 5) is 4.46. The number of aromatic nitrogens is 1. The fourth-order valence-electron chi connectivity index (χ4n) is 1.75. The highest BCUT2D eigenvalue weighted by Crippen LogP contribution is 2.15. The van der Waals surface area contributed by atoms with Crippen molar-refractivity contribution in [3.63, 3.8) is 0 Å². The van der Waals surface area contributed by atoms with Gasteiger partial charge in [0.15, 0.2) is 0 Å². The van der Waals surface area contributed by atoms with E-state index in [1.165, 1.54) is 9.13 Å². The SMILES string of the molecule is Cc1cccc(C(N)Cc2ccc(I)cc2)n1. The van der Waals surface area contributed by atoms with E-state index in [2.05, 4.69) is 51.8 Å². The molecule has 0 saturated carbocycles. The van der Waals surface area contributed by atoms with Gasteiger partial charge in [-0.05, 0) is 65.8 Å². The molecule has 0 amide bonds. The Hall–Kier alpha value is -0.940. The lowest BCUT2D eigenvalue weighted by Crippen LogP contribution is -2.15. The molecule has 0 saturated heterocycles. The predicted octanol–water partition coefficient (Wildman–Crippen LogP) is 3.24. The number of hydrogen-bond donors (Lipinski definition) is 1. The Bertz CT molecular complexity index is 494. The van der Waals surface area contributed by atoms with Crippen LogP contribution in [-0.2, 0) is 6.42 Å². The molecule has 0 aliphatic carbocycles. The Labute approximate surface area is 115 Å². The first-order chi connectivity index (χ1) is 8.15. The molecule has 0 aliphatic rings. The van der Waals surface area contributed by atoms with Gasteiger partial charge in [-0.15, -0.1) is 0 Å². The molecular formula is C14H15IN2. The van der Waals surface area contributed by atoms with Gasteiger partial charge in [-0.2, -0.15) is 0 Å². The highest BCUT2D eigenvalue weighted by Gasteiger charge is 2.08. The van der Waals surface area contributed by atoms with Crippen LogP contribution >= 0.6 is 22.6 Å². The fraction of sp³-hybridized carbons (Fsp3) is 0.214. The maximum absolute atomic E-state index is 6.17. The van der Waals surface area contributed by atoms with E-state index >= 15 is 0 Å². The predicted molar refractivity (Wildman–Crippen MR) is 78.8 cm³/mol. The maximum Gasteiger partial charge on any atom is 0.0577 e. The minimum absolute atomic E-state index is 0.0324. The monoisotopic (exact) mass is 338 g/mol. The highest BCUT2D eigenvalue weighted by molar-refractivity contribution is 14.1. The second-order valence-electron chi connectivity index (χ2n) is 4.14. The largest absolute Gasteiger partial charge is 0.322 e. The molecule has 1 unspecified atom stereocenters. The van der Waals surface area contributed by atoms with Crippen molar-refractivity contribution in [1.82, 2.24) is 4.98 Å². The second kappa shape index (κ2) is 5.60. The lowest BCUT2D eigenvalue weighted by atomic mass is 10.0. The summed E-state index contributed by atoms with van der Waals surface area (Å²) in [5.74, 6) is 0. The van der Waals surface area contributed by atoms with Gasteiger partial charge in [-0.1, -0.05) is 18.2 Å². The van der Waals surface area contributed by atoms with E-state index in [4.69, 9.17) is 5.73 Å². The van der Waals surface area contributed by atoms with Crippen molar-refractivity contribution in [3.05, 3.63) is 63.0 Å². The number of benzene rings is 1. The van der Waals surface area contributed by atoms with E-state index in [1.54, 1.807) is 0 Å². The second-order valence-corrected chi connectivity index (χ2v) is 5.39. The van der Waals surface area contributed by atoms with Gasteiger partial charge in [-0.3, -0.25) is 4.98 Å². The third-order valence-electron chi connectivity index (χ3n) is 2.66. The van der Waals surface area contributed by atoms with Gasteiger partial charge in [0.05, 0.1) is 11.7 Å². The first-order valence-electron chi connectivity index (χ1n) is 5.59. The first-order valence-corrected chi connectivity index (χ1v) is 6.66. The molecular weight excluding hydrogens is 323 g/mol. The molecule has 0 radical (unpaired) electrons. The Balaban J connectivity index is 2.11. The van der Waals surface area contributed by atoms with Crippen molar-refractivity contribution >= 4 is 22.6 Å². The van der Waals surface area contributed by atoms with E-state index in [-0.39, 0.29) is 6.04 Å². The van der Waals surface area contributed by atoms with Crippen LogP contribution in [0.4, 0.5) is 0 Å². The van der Waals surface area contributed by atoms with Crippen LogP contribution in [0, 0.1) is 10.5 Å². The van der Waals surface area contributed by atoms with E-state index in [9.17, 15) is 0 Å². The third-order valence-corrected chi connectivity index (χ3v) is 3.38. The summed E-state index contributed by atoms with van der Waals surface area (Å²) in [5, 5.41) is 0. The molecule has 2 aromatic rings. The van der Waals surface area contributed by atoms with Crippen molar-refractivity contribution in [3.8, 4) is 0 Å². The summed E-state index contributed by atoms with van der Waals surface area (Å²) in [6.07, 6.45) is 0.827. The van der Waals surface area contributed by atoms with E-state index in [1.807, 2.05) is 25.1 Å². The van der Waals surface area contributed by atoms with Gasteiger partial charge in [0, 0.05) is 9.26 Å². The molecule has 0 bridgehead atoms. The van der Waals surface area contributed by atoms with Crippen LogP contribution in [0.25, 0.3) is 0 Å². The Morgan fingerprint density at radius 2 is 1.88 bits per heavy atom. The maximum atomic E-state index is 6.17. The Kier molecular flexibility index (Phi) is 4.12. The van der Waals surface area contributed by atoms with Crippen molar-refractivity contribution in [1.29, 1.82) is 0 Å². The minimum atomic E-state index is -0.0324. The minimum Gasteiger partial charge on any atom is -0.322 e. The average molecular weight is 338 g/mol. The standard InChI is InChI=1S/C14H15IN2/c1-10-3-2-4-14(17-10)13(16)9-11-5-7-12(15)8-6-11/h2-8,13H,9,16H2,1H3. The van der Waals surface area contributed by atoms with Crippen LogP contribution in [0.15, 0.2) is 42.5 Å². The van der Waals surface area contributed by atoms with Gasteiger partial charge >= 0.3 is 0 Å². The number of nitrogens with zero attached hydrogens (tertiary/aromatic N) is 1. The van der Waals surface area contributed by atoms with Gasteiger partial charge in [-0.25, -0.2) is 0 Å². The van der Waals surface area contributed by atoms with Crippen LogP contribution in [0.2, 0.25) is 0 Å². The quantitative estimate of drug-likeness (QED) is 0.873. The van der Waals surface area contributed by atoms with Crippen molar-refractivity contribution < 1.29 is 0 Å². The molecule has 0 spiro atoms. The van der Waals surface area contributed by atoms with Crippen molar-refractivity contribution in [2.24, 2.45) is 5.73 Å². The number of aryl methyl sites for hydroxylation is 1. The molecule has 0 aliphatic heterocycles. The molecule has 1 aromatic carbocycles. The van der Waals surface area contributed by atoms with Gasteiger partial charge in [0.25, 0.3) is 0 Å². The zero-order valence-electron chi connectivity index (χ0n) is 9.73. The van der Waals surface area contributed by atoms with Gasteiger partial charge in [0.2, 0.25) is 0 Å². The topological polar surface area (TPSA) is 38.9 Å². The number of pyridine rings is 1. The fourth-order valence-corrected chi connectivity index (χ4v) is 2.11. The van der Waals surface area contributed by atoms with Crippen LogP contribution in [-0.4, -0.2) is 4.98 Å². The van der Waals surface area contributed by atoms with E-state index in [0.717, 1.165) is 17.8 Å². The summed E-state index contributed by atoms with van der Waals surface area (Å²) in [6.45, 7) is 1.99. The number of rotatable bonds is 3. The van der Waals surface area contributed by atoms with Gasteiger partial charge in [0.1, 0.15) is 0 Å². The first kappa shape index (κ1) is 12.5. The number of nitrogens with two attached hydrogens (primary N) is 1. The van der Waals surface area contributed by atoms with Crippen LogP contribution in [0.3, 0.4) is 0 Å². The van der Waals surface area contributed by atoms with Gasteiger partial charge < -0.3 is 5.73 Å². The Morgan fingerprint density at radius 1 is 1.18 bits per heavy atom. The molecule has 1 heterocycles. The molecule has 1 atom stereocenters. The lowest BCUT2D eigenvalue weighted by molar-refractivity contribution is 0.693. The van der Waals surface area contributed by atoms with Crippen molar-refractivity contribution in [2.75, 3.05) is 0 Å². The molecule has 17 heavy (non-hydrogen) atoms. The zero-order valence-corrected chi connectivity index (χ0v) is 11.9. The Morgan fingerprint density at radius 3 is 2.53 bits per heavy atom. The lowest BCUT2D eigenvalue weighted by Gasteiger charge is -2.11. The highest BCUT2D eigenvalue weighted by atomic mass is 127. The smallest absolute Gasteiger partial charge is 0.0577 e. The normalized spacial score (nSPS) is 12.4. The van der Waals surface area contributed by atoms with E-state index in [0.29, 0.717) is 0 Å².